The van der Waals surface area contributed by atoms with Crippen LogP contribution in [0.5, 0.6) is 0 Å². The molecular formula is C8H7FIN. The molecule has 0 amide bonds. The quantitative estimate of drug-likeness (QED) is 0.706. The Kier molecular flexibility index (Phi) is 1.85. The first-order valence-corrected chi connectivity index (χ1v) is 4.53. The van der Waals surface area contributed by atoms with E-state index in [1.54, 1.807) is 0 Å². The molecule has 2 rings (SSSR count). The molecule has 0 unspecified atom stereocenters. The zero-order valence-corrected chi connectivity index (χ0v) is 7.98. The number of rotatable bonds is 0. The number of hydrogen-bond donors (Lipinski definition) is 1. The van der Waals surface area contributed by atoms with Gasteiger partial charge < -0.3 is 5.32 Å². The molecule has 1 aliphatic rings. The summed E-state index contributed by atoms with van der Waals surface area (Å²) >= 11 is 2.06. The summed E-state index contributed by atoms with van der Waals surface area (Å²) in [6.07, 6.45) is 0. The van der Waals surface area contributed by atoms with E-state index in [-0.39, 0.29) is 5.82 Å². The summed E-state index contributed by atoms with van der Waals surface area (Å²) in [6, 6.07) is 3.39. The predicted octanol–water partition coefficient (Wildman–Crippen LogP) is 2.03. The minimum Gasteiger partial charge on any atom is -0.309 e. The molecule has 3 heteroatoms. The summed E-state index contributed by atoms with van der Waals surface area (Å²) in [5.74, 6) is -0.104. The van der Waals surface area contributed by atoms with Crippen LogP contribution < -0.4 is 5.32 Å². The Hall–Kier alpha value is -0.160. The molecule has 0 spiro atoms. The van der Waals surface area contributed by atoms with Gasteiger partial charge in [0.05, 0.1) is 3.57 Å². The van der Waals surface area contributed by atoms with Gasteiger partial charge in [-0.1, -0.05) is 6.07 Å². The van der Waals surface area contributed by atoms with Gasteiger partial charge in [-0.2, -0.15) is 0 Å². The van der Waals surface area contributed by atoms with Crippen LogP contribution in [0, 0.1) is 9.39 Å². The van der Waals surface area contributed by atoms with Crippen molar-refractivity contribution in [2.75, 3.05) is 0 Å². The topological polar surface area (TPSA) is 12.0 Å². The smallest absolute Gasteiger partial charge is 0.136 e. The van der Waals surface area contributed by atoms with Gasteiger partial charge in [0.1, 0.15) is 5.82 Å². The first-order chi connectivity index (χ1) is 5.29. The summed E-state index contributed by atoms with van der Waals surface area (Å²) in [5, 5.41) is 3.18. The van der Waals surface area contributed by atoms with E-state index in [1.807, 2.05) is 6.07 Å². The van der Waals surface area contributed by atoms with Crippen LogP contribution in [0.2, 0.25) is 0 Å². The Morgan fingerprint density at radius 1 is 1.36 bits per heavy atom. The number of hydrogen-bond acceptors (Lipinski definition) is 1. The van der Waals surface area contributed by atoms with E-state index in [0.717, 1.165) is 22.2 Å². The largest absolute Gasteiger partial charge is 0.309 e. The highest BCUT2D eigenvalue weighted by Crippen LogP contribution is 2.23. The minimum atomic E-state index is -0.104. The van der Waals surface area contributed by atoms with Crippen molar-refractivity contribution < 1.29 is 4.39 Å². The highest BCUT2D eigenvalue weighted by Gasteiger charge is 2.14. The van der Waals surface area contributed by atoms with Gasteiger partial charge in [-0.3, -0.25) is 0 Å². The van der Waals surface area contributed by atoms with Gasteiger partial charge in [0.2, 0.25) is 0 Å². The molecule has 0 aliphatic carbocycles. The van der Waals surface area contributed by atoms with Gasteiger partial charge in [0, 0.05) is 13.1 Å². The van der Waals surface area contributed by atoms with Gasteiger partial charge in [0.25, 0.3) is 0 Å². The number of halogens is 2. The van der Waals surface area contributed by atoms with Crippen LogP contribution in [-0.4, -0.2) is 0 Å². The molecule has 1 nitrogen and oxygen atoms in total. The molecular weight excluding hydrogens is 256 g/mol. The number of benzene rings is 1. The van der Waals surface area contributed by atoms with Gasteiger partial charge in [0.15, 0.2) is 0 Å². The van der Waals surface area contributed by atoms with Crippen LogP contribution >= 0.6 is 22.6 Å². The fraction of sp³-hybridized carbons (Fsp3) is 0.250. The van der Waals surface area contributed by atoms with Crippen molar-refractivity contribution in [2.45, 2.75) is 13.1 Å². The van der Waals surface area contributed by atoms with Crippen LogP contribution in [0.4, 0.5) is 4.39 Å². The molecule has 58 valence electrons. The first-order valence-electron chi connectivity index (χ1n) is 3.45. The highest BCUT2D eigenvalue weighted by atomic mass is 127. The van der Waals surface area contributed by atoms with Crippen molar-refractivity contribution >= 4 is 22.6 Å². The molecule has 1 N–H and O–H groups in total. The third kappa shape index (κ3) is 1.16. The maximum absolute atomic E-state index is 12.9. The summed E-state index contributed by atoms with van der Waals surface area (Å²) in [7, 11) is 0. The van der Waals surface area contributed by atoms with Gasteiger partial charge in [-0.15, -0.1) is 0 Å². The molecule has 0 atom stereocenters. The lowest BCUT2D eigenvalue weighted by Gasteiger charge is -2.00. The lowest BCUT2D eigenvalue weighted by Crippen LogP contribution is -2.00. The number of nitrogens with one attached hydrogen (secondary N) is 1. The van der Waals surface area contributed by atoms with Crippen molar-refractivity contribution in [3.8, 4) is 0 Å². The van der Waals surface area contributed by atoms with Gasteiger partial charge in [-0.05, 0) is 39.8 Å². The van der Waals surface area contributed by atoms with E-state index in [4.69, 9.17) is 0 Å². The molecule has 0 fully saturated rings. The average molecular weight is 263 g/mol. The Bertz CT molecular complexity index is 298. The van der Waals surface area contributed by atoms with E-state index in [9.17, 15) is 4.39 Å². The van der Waals surface area contributed by atoms with Gasteiger partial charge in [-0.25, -0.2) is 4.39 Å². The minimum absolute atomic E-state index is 0.104. The van der Waals surface area contributed by atoms with Crippen molar-refractivity contribution in [1.82, 2.24) is 5.32 Å². The van der Waals surface area contributed by atoms with E-state index >= 15 is 0 Å². The molecule has 1 aliphatic heterocycles. The van der Waals surface area contributed by atoms with Crippen molar-refractivity contribution in [1.29, 1.82) is 0 Å². The molecule has 0 saturated heterocycles. The van der Waals surface area contributed by atoms with Crippen LogP contribution in [0.25, 0.3) is 0 Å². The second kappa shape index (κ2) is 2.71. The Labute approximate surface area is 78.1 Å². The molecule has 0 saturated carbocycles. The van der Waals surface area contributed by atoms with Crippen LogP contribution in [0.1, 0.15) is 11.1 Å². The predicted molar refractivity (Wildman–Crippen MR) is 49.7 cm³/mol. The molecule has 0 aromatic heterocycles. The highest BCUT2D eigenvalue weighted by molar-refractivity contribution is 14.1. The standard InChI is InChI=1S/C8H7FIN/c9-7-2-1-5-3-11-4-6(5)8(7)10/h1-2,11H,3-4H2. The summed E-state index contributed by atoms with van der Waals surface area (Å²) in [5.41, 5.74) is 2.36. The SMILES string of the molecule is Fc1ccc2c(c1I)CNC2. The average Bonchev–Trinajstić information content (AvgIpc) is 2.45. The molecule has 1 aromatic rings. The maximum Gasteiger partial charge on any atom is 0.136 e. The van der Waals surface area contributed by atoms with Crippen molar-refractivity contribution in [2.24, 2.45) is 0 Å². The second-order valence-corrected chi connectivity index (χ2v) is 3.68. The fourth-order valence-electron chi connectivity index (χ4n) is 1.31. The molecule has 1 aromatic carbocycles. The molecule has 1 heterocycles. The van der Waals surface area contributed by atoms with Crippen LogP contribution in [0.3, 0.4) is 0 Å². The summed E-state index contributed by atoms with van der Waals surface area (Å²) < 4.78 is 13.7. The van der Waals surface area contributed by atoms with E-state index in [2.05, 4.69) is 27.9 Å². The van der Waals surface area contributed by atoms with Gasteiger partial charge >= 0.3 is 0 Å². The van der Waals surface area contributed by atoms with Crippen molar-refractivity contribution in [3.05, 3.63) is 32.6 Å². The first kappa shape index (κ1) is 7.49. The maximum atomic E-state index is 12.9. The lowest BCUT2D eigenvalue weighted by molar-refractivity contribution is 0.617. The third-order valence-corrected chi connectivity index (χ3v) is 3.08. The fourth-order valence-corrected chi connectivity index (χ4v) is 2.03. The molecule has 0 radical (unpaired) electrons. The second-order valence-electron chi connectivity index (χ2n) is 2.60. The Morgan fingerprint density at radius 3 is 3.00 bits per heavy atom. The summed E-state index contributed by atoms with van der Waals surface area (Å²) in [6.45, 7) is 1.69. The lowest BCUT2D eigenvalue weighted by atomic mass is 10.1. The van der Waals surface area contributed by atoms with E-state index in [0.29, 0.717) is 0 Å². The summed E-state index contributed by atoms with van der Waals surface area (Å²) in [4.78, 5) is 0. The van der Waals surface area contributed by atoms with Crippen molar-refractivity contribution in [3.63, 3.8) is 0 Å². The molecule has 11 heavy (non-hydrogen) atoms. The third-order valence-electron chi connectivity index (χ3n) is 1.91. The Morgan fingerprint density at radius 2 is 2.18 bits per heavy atom. The molecule has 0 bridgehead atoms. The number of fused-ring (bicyclic) bond motifs is 1. The zero-order chi connectivity index (χ0) is 7.84. The Balaban J connectivity index is 2.62. The van der Waals surface area contributed by atoms with Crippen LogP contribution in [0.15, 0.2) is 12.1 Å². The zero-order valence-electron chi connectivity index (χ0n) is 5.82. The van der Waals surface area contributed by atoms with E-state index in [1.165, 1.54) is 11.6 Å². The monoisotopic (exact) mass is 263 g/mol. The van der Waals surface area contributed by atoms with Crippen LogP contribution in [-0.2, 0) is 13.1 Å². The van der Waals surface area contributed by atoms with E-state index < -0.39 is 0 Å². The normalized spacial score (nSPS) is 15.1.